The maximum absolute atomic E-state index is 10.9. The van der Waals surface area contributed by atoms with Gasteiger partial charge in [0.1, 0.15) is 0 Å². The molecule has 0 amide bonds. The third-order valence-corrected chi connectivity index (χ3v) is 4.73. The van der Waals surface area contributed by atoms with Gasteiger partial charge in [-0.2, -0.15) is 0 Å². The third kappa shape index (κ3) is 6.63. The Balaban J connectivity index is 2.24. The largest absolute Gasteiger partial charge is 0.378 e. The van der Waals surface area contributed by atoms with Crippen molar-refractivity contribution in [3.63, 3.8) is 0 Å². The molecule has 17 heavy (non-hydrogen) atoms. The van der Waals surface area contributed by atoms with Crippen LogP contribution in [0.4, 0.5) is 0 Å². The highest BCUT2D eigenvalue weighted by Gasteiger charge is 2.27. The van der Waals surface area contributed by atoms with E-state index in [1.54, 1.807) is 0 Å². The van der Waals surface area contributed by atoms with Crippen LogP contribution in [-0.2, 0) is 13.8 Å². The Morgan fingerprint density at radius 3 is 2.35 bits per heavy atom. The molecule has 3 nitrogen and oxygen atoms in total. The highest BCUT2D eigenvalue weighted by molar-refractivity contribution is 8.13. The van der Waals surface area contributed by atoms with Crippen molar-refractivity contribution in [2.75, 3.05) is 12.4 Å². The SMILES string of the molecule is CC(COC1CCC(C)(C)CC1)CS(=O)(=O)Cl. The first-order valence-corrected chi connectivity index (χ1v) is 8.70. The second-order valence-electron chi connectivity index (χ2n) is 6.01. The highest BCUT2D eigenvalue weighted by atomic mass is 35.7. The summed E-state index contributed by atoms with van der Waals surface area (Å²) in [5.74, 6) is -0.0420. The first-order valence-electron chi connectivity index (χ1n) is 6.22. The van der Waals surface area contributed by atoms with E-state index < -0.39 is 9.05 Å². The minimum absolute atomic E-state index is 0.00717. The van der Waals surface area contributed by atoms with Gasteiger partial charge < -0.3 is 4.74 Å². The lowest BCUT2D eigenvalue weighted by molar-refractivity contribution is -0.00701. The third-order valence-electron chi connectivity index (χ3n) is 3.39. The van der Waals surface area contributed by atoms with E-state index in [1.165, 1.54) is 12.8 Å². The van der Waals surface area contributed by atoms with Gasteiger partial charge in [0.15, 0.2) is 0 Å². The zero-order chi connectivity index (χ0) is 13.1. The summed E-state index contributed by atoms with van der Waals surface area (Å²) < 4.78 is 27.5. The molecule has 0 aromatic heterocycles. The van der Waals surface area contributed by atoms with Crippen LogP contribution in [0, 0.1) is 11.3 Å². The molecule has 1 fully saturated rings. The summed E-state index contributed by atoms with van der Waals surface area (Å²) in [5.41, 5.74) is 0.435. The number of halogens is 1. The fourth-order valence-electron chi connectivity index (χ4n) is 2.23. The van der Waals surface area contributed by atoms with Crippen molar-refractivity contribution in [1.82, 2.24) is 0 Å². The summed E-state index contributed by atoms with van der Waals surface area (Å²) in [5, 5.41) is 0. The molecule has 1 aliphatic carbocycles. The van der Waals surface area contributed by atoms with Crippen LogP contribution in [0.1, 0.15) is 46.5 Å². The van der Waals surface area contributed by atoms with Crippen LogP contribution in [0.2, 0.25) is 0 Å². The number of hydrogen-bond acceptors (Lipinski definition) is 3. The van der Waals surface area contributed by atoms with Gasteiger partial charge in [0.05, 0.1) is 18.5 Å². The maximum atomic E-state index is 10.9. The van der Waals surface area contributed by atoms with Crippen molar-refractivity contribution in [2.45, 2.75) is 52.6 Å². The zero-order valence-corrected chi connectivity index (χ0v) is 12.5. The molecule has 1 rings (SSSR count). The molecule has 0 aromatic carbocycles. The van der Waals surface area contributed by atoms with Gasteiger partial charge in [-0.25, -0.2) is 8.42 Å². The first-order chi connectivity index (χ1) is 7.68. The normalized spacial score (nSPS) is 23.5. The van der Waals surface area contributed by atoms with Crippen LogP contribution in [0.15, 0.2) is 0 Å². The topological polar surface area (TPSA) is 43.4 Å². The van der Waals surface area contributed by atoms with Gasteiger partial charge in [-0.3, -0.25) is 0 Å². The van der Waals surface area contributed by atoms with Gasteiger partial charge in [-0.15, -0.1) is 0 Å². The standard InChI is InChI=1S/C12H23ClO3S/c1-10(9-17(13,14)15)8-16-11-4-6-12(2,3)7-5-11/h10-11H,4-9H2,1-3H3. The summed E-state index contributed by atoms with van der Waals surface area (Å²) in [7, 11) is 1.80. The van der Waals surface area contributed by atoms with Gasteiger partial charge >= 0.3 is 0 Å². The van der Waals surface area contributed by atoms with Gasteiger partial charge in [-0.1, -0.05) is 20.8 Å². The molecule has 0 heterocycles. The van der Waals surface area contributed by atoms with Crippen LogP contribution >= 0.6 is 10.7 Å². The fraction of sp³-hybridized carbons (Fsp3) is 1.00. The second kappa shape index (κ2) is 5.89. The van der Waals surface area contributed by atoms with Crippen LogP contribution in [0.3, 0.4) is 0 Å². The second-order valence-corrected chi connectivity index (χ2v) is 8.83. The van der Waals surface area contributed by atoms with Crippen molar-refractivity contribution in [3.8, 4) is 0 Å². The lowest BCUT2D eigenvalue weighted by atomic mass is 9.76. The Morgan fingerprint density at radius 1 is 1.35 bits per heavy atom. The van der Waals surface area contributed by atoms with E-state index in [9.17, 15) is 8.42 Å². The predicted octanol–water partition coefficient (Wildman–Crippen LogP) is 3.18. The number of ether oxygens (including phenoxy) is 1. The maximum Gasteiger partial charge on any atom is 0.232 e. The molecule has 0 radical (unpaired) electrons. The predicted molar refractivity (Wildman–Crippen MR) is 70.8 cm³/mol. The summed E-state index contributed by atoms with van der Waals surface area (Å²) in [4.78, 5) is 0. The molecule has 1 aliphatic rings. The van der Waals surface area contributed by atoms with E-state index >= 15 is 0 Å². The lowest BCUT2D eigenvalue weighted by Gasteiger charge is -2.34. The van der Waals surface area contributed by atoms with Gasteiger partial charge in [0, 0.05) is 10.7 Å². The minimum Gasteiger partial charge on any atom is -0.378 e. The quantitative estimate of drug-likeness (QED) is 0.728. The Labute approximate surface area is 109 Å². The number of hydrogen-bond donors (Lipinski definition) is 0. The fourth-order valence-corrected chi connectivity index (χ4v) is 3.65. The Kier molecular flexibility index (Phi) is 5.29. The van der Waals surface area contributed by atoms with Crippen LogP contribution < -0.4 is 0 Å². The van der Waals surface area contributed by atoms with Crippen LogP contribution in [0.5, 0.6) is 0 Å². The summed E-state index contributed by atoms with van der Waals surface area (Å²) in [6, 6.07) is 0. The highest BCUT2D eigenvalue weighted by Crippen LogP contribution is 2.36. The smallest absolute Gasteiger partial charge is 0.232 e. The van der Waals surface area contributed by atoms with E-state index in [0.717, 1.165) is 12.8 Å². The van der Waals surface area contributed by atoms with Gasteiger partial charge in [0.25, 0.3) is 0 Å². The monoisotopic (exact) mass is 282 g/mol. The minimum atomic E-state index is -3.40. The molecule has 0 spiro atoms. The zero-order valence-electron chi connectivity index (χ0n) is 10.9. The van der Waals surface area contributed by atoms with Crippen LogP contribution in [0.25, 0.3) is 0 Å². The average molecular weight is 283 g/mol. The molecule has 1 unspecified atom stereocenters. The van der Waals surface area contributed by atoms with Crippen molar-refractivity contribution >= 4 is 19.7 Å². The Hall–Kier alpha value is 0.200. The Morgan fingerprint density at radius 2 is 1.88 bits per heavy atom. The summed E-state index contributed by atoms with van der Waals surface area (Å²) in [6.07, 6.45) is 4.81. The molecule has 1 saturated carbocycles. The van der Waals surface area contributed by atoms with E-state index in [0.29, 0.717) is 18.1 Å². The molecule has 0 saturated heterocycles. The summed E-state index contributed by atoms with van der Waals surface area (Å²) >= 11 is 0. The molecule has 0 aromatic rings. The van der Waals surface area contributed by atoms with Gasteiger partial charge in [-0.05, 0) is 37.0 Å². The lowest BCUT2D eigenvalue weighted by Crippen LogP contribution is -2.28. The molecule has 0 bridgehead atoms. The van der Waals surface area contributed by atoms with E-state index in [-0.39, 0.29) is 11.7 Å². The molecule has 102 valence electrons. The van der Waals surface area contributed by atoms with E-state index in [4.69, 9.17) is 15.4 Å². The molecular weight excluding hydrogens is 260 g/mol. The molecule has 0 aliphatic heterocycles. The van der Waals surface area contributed by atoms with E-state index in [2.05, 4.69) is 13.8 Å². The average Bonchev–Trinajstić information content (AvgIpc) is 2.13. The molecule has 5 heteroatoms. The molecule has 0 N–H and O–H groups in total. The van der Waals surface area contributed by atoms with Crippen LogP contribution in [-0.4, -0.2) is 26.9 Å². The van der Waals surface area contributed by atoms with Crippen molar-refractivity contribution < 1.29 is 13.2 Å². The molecular formula is C12H23ClO3S. The molecule has 1 atom stereocenters. The van der Waals surface area contributed by atoms with Crippen molar-refractivity contribution in [1.29, 1.82) is 0 Å². The first kappa shape index (κ1) is 15.3. The van der Waals surface area contributed by atoms with Gasteiger partial charge in [0.2, 0.25) is 9.05 Å². The van der Waals surface area contributed by atoms with E-state index in [1.807, 2.05) is 6.92 Å². The number of rotatable bonds is 5. The van der Waals surface area contributed by atoms with Crippen molar-refractivity contribution in [2.24, 2.45) is 11.3 Å². The van der Waals surface area contributed by atoms with Crippen molar-refractivity contribution in [3.05, 3.63) is 0 Å². The summed E-state index contributed by atoms with van der Waals surface area (Å²) in [6.45, 7) is 6.90. The Bertz CT molecular complexity index is 328.